The van der Waals surface area contributed by atoms with Gasteiger partial charge in [-0.05, 0) is 43.2 Å². The number of likely N-dealkylation sites (tertiary alicyclic amines) is 1. The summed E-state index contributed by atoms with van der Waals surface area (Å²) in [4.78, 5) is 38.9. The molecule has 2 aromatic heterocycles. The zero-order valence-corrected chi connectivity index (χ0v) is 26.6. The third-order valence-corrected chi connectivity index (χ3v) is 9.11. The molecule has 0 aliphatic carbocycles. The quantitative estimate of drug-likeness (QED) is 0.250. The maximum absolute atomic E-state index is 14.8. The summed E-state index contributed by atoms with van der Waals surface area (Å²) in [6, 6.07) is 9.68. The predicted octanol–water partition coefficient (Wildman–Crippen LogP) is 4.13. The van der Waals surface area contributed by atoms with Crippen LogP contribution in [-0.4, -0.2) is 93.1 Å². The number of nitrogens with one attached hydrogen (secondary N) is 2. The summed E-state index contributed by atoms with van der Waals surface area (Å²) in [5.74, 6) is -0.804. The number of anilines is 2. The number of carbonyl (C=O) groups excluding carboxylic acids is 2. The average molecular weight is 682 g/mol. The number of fused-ring (bicyclic) bond motifs is 1. The van der Waals surface area contributed by atoms with Crippen molar-refractivity contribution in [2.24, 2.45) is 5.92 Å². The first-order chi connectivity index (χ1) is 22.8. The Bertz CT molecular complexity index is 1860. The summed E-state index contributed by atoms with van der Waals surface area (Å²) in [5, 5.41) is 24.6. The largest absolute Gasteiger partial charge is 0.476 e. The van der Waals surface area contributed by atoms with Crippen molar-refractivity contribution in [3.8, 4) is 23.1 Å². The number of ether oxygens (including phenoxy) is 1. The third-order valence-electron chi connectivity index (χ3n) is 8.42. The molecular weight excluding hydrogens is 650 g/mol. The molecule has 47 heavy (non-hydrogen) atoms. The summed E-state index contributed by atoms with van der Waals surface area (Å²) < 4.78 is 21.6. The van der Waals surface area contributed by atoms with Crippen molar-refractivity contribution in [1.82, 2.24) is 29.5 Å². The van der Waals surface area contributed by atoms with E-state index in [4.69, 9.17) is 33.2 Å². The molecular formula is C32H31Cl2FN8O4. The van der Waals surface area contributed by atoms with Gasteiger partial charge in [0.2, 0.25) is 5.91 Å². The van der Waals surface area contributed by atoms with E-state index >= 15 is 0 Å². The lowest BCUT2D eigenvalue weighted by atomic mass is 9.94. The van der Waals surface area contributed by atoms with E-state index < -0.39 is 5.82 Å². The van der Waals surface area contributed by atoms with Gasteiger partial charge in [0.25, 0.3) is 5.91 Å². The summed E-state index contributed by atoms with van der Waals surface area (Å²) in [6.07, 6.45) is 5.89. The van der Waals surface area contributed by atoms with Gasteiger partial charge in [0.05, 0.1) is 34.1 Å². The van der Waals surface area contributed by atoms with Gasteiger partial charge in [-0.15, -0.1) is 0 Å². The maximum atomic E-state index is 14.8. The van der Waals surface area contributed by atoms with Crippen LogP contribution < -0.4 is 15.4 Å². The summed E-state index contributed by atoms with van der Waals surface area (Å²) in [6.45, 7) is 2.31. The minimum absolute atomic E-state index is 0.0163. The molecule has 2 aliphatic rings. The minimum Gasteiger partial charge on any atom is -0.476 e. The lowest BCUT2D eigenvalue weighted by Crippen LogP contribution is -2.56. The minimum atomic E-state index is -0.781. The molecule has 4 aromatic rings. The number of amides is 2. The van der Waals surface area contributed by atoms with Crippen molar-refractivity contribution in [3.05, 3.63) is 70.3 Å². The van der Waals surface area contributed by atoms with Crippen LogP contribution in [0.1, 0.15) is 23.2 Å². The molecule has 6 rings (SSSR count). The molecule has 2 saturated heterocycles. The Kier molecular flexibility index (Phi) is 9.74. The average Bonchev–Trinajstić information content (AvgIpc) is 3.53. The van der Waals surface area contributed by atoms with E-state index in [1.165, 1.54) is 6.07 Å². The van der Waals surface area contributed by atoms with E-state index in [9.17, 15) is 19.1 Å². The Morgan fingerprint density at radius 3 is 2.70 bits per heavy atom. The first-order valence-corrected chi connectivity index (χ1v) is 15.8. The number of piperidine rings is 1. The molecule has 4 heterocycles. The number of benzene rings is 2. The van der Waals surface area contributed by atoms with Crippen LogP contribution in [0, 0.1) is 23.1 Å². The second-order valence-electron chi connectivity index (χ2n) is 11.3. The van der Waals surface area contributed by atoms with Crippen LogP contribution in [0.15, 0.2) is 48.9 Å². The molecule has 3 N–H and O–H groups in total. The molecule has 0 spiro atoms. The number of imidazole rings is 1. The monoisotopic (exact) mass is 680 g/mol. The van der Waals surface area contributed by atoms with Crippen molar-refractivity contribution in [1.29, 1.82) is 5.26 Å². The van der Waals surface area contributed by atoms with Crippen molar-refractivity contribution in [2.75, 3.05) is 51.3 Å². The van der Waals surface area contributed by atoms with E-state index in [-0.39, 0.29) is 52.8 Å². The Morgan fingerprint density at radius 2 is 1.96 bits per heavy atom. The van der Waals surface area contributed by atoms with E-state index in [2.05, 4.69) is 20.6 Å². The Labute approximate surface area is 279 Å². The van der Waals surface area contributed by atoms with Gasteiger partial charge >= 0.3 is 0 Å². The summed E-state index contributed by atoms with van der Waals surface area (Å²) >= 11 is 12.9. The molecule has 2 fully saturated rings. The molecule has 0 unspecified atom stereocenters. The fourth-order valence-electron chi connectivity index (χ4n) is 5.97. The Balaban J connectivity index is 1.13. The predicted molar refractivity (Wildman–Crippen MR) is 173 cm³/mol. The zero-order valence-electron chi connectivity index (χ0n) is 25.1. The lowest BCUT2D eigenvalue weighted by Gasteiger charge is -2.38. The van der Waals surface area contributed by atoms with Crippen LogP contribution in [0.25, 0.3) is 16.9 Å². The lowest BCUT2D eigenvalue weighted by molar-refractivity contribution is -0.138. The fourth-order valence-corrected chi connectivity index (χ4v) is 6.48. The fraction of sp³-hybridized carbons (Fsp3) is 0.344. The number of hydrogen-bond donors (Lipinski definition) is 3. The molecule has 1 atom stereocenters. The molecule has 0 saturated carbocycles. The number of aliphatic hydroxyl groups excluding tert-OH is 1. The van der Waals surface area contributed by atoms with E-state index in [0.29, 0.717) is 79.5 Å². The number of halogens is 3. The van der Waals surface area contributed by atoms with Crippen LogP contribution in [-0.2, 0) is 4.79 Å². The van der Waals surface area contributed by atoms with Gasteiger partial charge in [-0.2, -0.15) is 5.26 Å². The third kappa shape index (κ3) is 6.68. The molecule has 2 amide bonds. The van der Waals surface area contributed by atoms with Crippen molar-refractivity contribution < 1.29 is 23.8 Å². The second-order valence-corrected chi connectivity index (χ2v) is 12.1. The highest BCUT2D eigenvalue weighted by atomic mass is 35.5. The van der Waals surface area contributed by atoms with Crippen LogP contribution >= 0.6 is 23.2 Å². The van der Waals surface area contributed by atoms with Crippen molar-refractivity contribution >= 4 is 52.2 Å². The number of nitriles is 1. The molecule has 15 heteroatoms. The number of aliphatic hydroxyl groups is 1. The first-order valence-electron chi connectivity index (χ1n) is 15.1. The van der Waals surface area contributed by atoms with E-state index in [0.717, 1.165) is 0 Å². The Hall–Kier alpha value is -4.48. The van der Waals surface area contributed by atoms with Crippen LogP contribution in [0.3, 0.4) is 0 Å². The SMILES string of the molecule is N#CCOc1ccc(-c2cnc3c(Nc4ccc(C(=O)N5CCC(C(=O)N6CCN[C@@H](CO)C6)CC5)c(Cl)c4)nccn23)c(Cl)c1F. The standard InChI is InChI=1S/C32H31Cl2FN8O4/c33-24-15-20(1-2-22(24)32(46)41-10-5-19(6-11-41)31(45)42-12-8-37-21(17-42)18-44)40-29-30-39-16-25(43(30)13-9-38-29)23-3-4-26(47-14-7-36)28(35)27(23)34/h1-4,9,13,15-16,19,21,37,44H,5-6,8,10-12,14,17-18H2,(H,38,40)/t21-/m1/s1. The summed E-state index contributed by atoms with van der Waals surface area (Å²) in [7, 11) is 0. The number of nitrogens with zero attached hydrogens (tertiary/aromatic N) is 6. The van der Waals surface area contributed by atoms with Gasteiger partial charge in [0.1, 0.15) is 6.07 Å². The molecule has 2 aromatic carbocycles. The second kappa shape index (κ2) is 14.1. The van der Waals surface area contributed by atoms with Gasteiger partial charge in [-0.25, -0.2) is 14.4 Å². The highest BCUT2D eigenvalue weighted by Gasteiger charge is 2.33. The van der Waals surface area contributed by atoms with Crippen LogP contribution in [0.2, 0.25) is 10.0 Å². The highest BCUT2D eigenvalue weighted by Crippen LogP contribution is 2.36. The Morgan fingerprint density at radius 1 is 1.15 bits per heavy atom. The number of aromatic nitrogens is 3. The molecule has 244 valence electrons. The zero-order chi connectivity index (χ0) is 33.1. The van der Waals surface area contributed by atoms with Crippen LogP contribution in [0.5, 0.6) is 5.75 Å². The van der Waals surface area contributed by atoms with Gasteiger partial charge in [-0.1, -0.05) is 23.2 Å². The van der Waals surface area contributed by atoms with Gasteiger partial charge in [-0.3, -0.25) is 14.0 Å². The van der Waals surface area contributed by atoms with Crippen molar-refractivity contribution in [3.63, 3.8) is 0 Å². The normalized spacial score (nSPS) is 17.0. The van der Waals surface area contributed by atoms with Gasteiger partial charge < -0.3 is 30.3 Å². The molecule has 2 aliphatic heterocycles. The van der Waals surface area contributed by atoms with Gasteiger partial charge in [0.15, 0.2) is 29.6 Å². The first kappa shape index (κ1) is 32.5. The van der Waals surface area contributed by atoms with E-state index in [1.807, 2.05) is 4.90 Å². The molecule has 12 nitrogen and oxygen atoms in total. The number of carbonyl (C=O) groups is 2. The summed E-state index contributed by atoms with van der Waals surface area (Å²) in [5.41, 5.74) is 2.24. The number of hydrogen-bond acceptors (Lipinski definition) is 9. The topological polar surface area (TPSA) is 148 Å². The smallest absolute Gasteiger partial charge is 0.255 e. The van der Waals surface area contributed by atoms with Crippen LogP contribution in [0.4, 0.5) is 15.9 Å². The molecule has 0 bridgehead atoms. The van der Waals surface area contributed by atoms with Gasteiger partial charge in [0, 0.05) is 68.3 Å². The van der Waals surface area contributed by atoms with Crippen molar-refractivity contribution in [2.45, 2.75) is 18.9 Å². The number of rotatable bonds is 8. The maximum Gasteiger partial charge on any atom is 0.255 e. The highest BCUT2D eigenvalue weighted by molar-refractivity contribution is 6.34. The molecule has 0 radical (unpaired) electrons. The number of piperazine rings is 1. The van der Waals surface area contributed by atoms with E-state index in [1.54, 1.807) is 58.2 Å².